The molecule has 0 spiro atoms. The van der Waals surface area contributed by atoms with E-state index < -0.39 is 0 Å². The highest BCUT2D eigenvalue weighted by Gasteiger charge is 2.30. The lowest BCUT2D eigenvalue weighted by molar-refractivity contribution is -0.114. The Labute approximate surface area is 93.6 Å². The van der Waals surface area contributed by atoms with Crippen molar-refractivity contribution in [1.82, 2.24) is 9.78 Å². The van der Waals surface area contributed by atoms with Crippen LogP contribution in [0.2, 0.25) is 0 Å². The molecule has 0 bridgehead atoms. The van der Waals surface area contributed by atoms with Gasteiger partial charge < -0.3 is 5.32 Å². The van der Waals surface area contributed by atoms with Crippen LogP contribution < -0.4 is 5.32 Å². The molecule has 1 saturated carbocycles. The molecule has 1 atom stereocenters. The Morgan fingerprint density at radius 2 is 2.53 bits per heavy atom. The van der Waals surface area contributed by atoms with Gasteiger partial charge in [-0.25, -0.2) is 4.68 Å². The van der Waals surface area contributed by atoms with Gasteiger partial charge in [0.25, 0.3) is 0 Å². The van der Waals surface area contributed by atoms with Crippen molar-refractivity contribution in [3.8, 4) is 0 Å². The monoisotopic (exact) mass is 227 g/mol. The third-order valence-electron chi connectivity index (χ3n) is 2.75. The first kappa shape index (κ1) is 10.5. The number of alkyl halides is 1. The van der Waals surface area contributed by atoms with Crippen molar-refractivity contribution in [2.24, 2.45) is 5.92 Å². The normalized spacial score (nSPS) is 17.5. The summed E-state index contributed by atoms with van der Waals surface area (Å²) in [5.74, 6) is 1.22. The number of hydrogen-bond donors (Lipinski definition) is 1. The number of aromatic nitrogens is 2. The van der Waals surface area contributed by atoms with E-state index in [0.717, 1.165) is 5.82 Å². The van der Waals surface area contributed by atoms with Gasteiger partial charge in [-0.2, -0.15) is 5.10 Å². The van der Waals surface area contributed by atoms with Crippen molar-refractivity contribution in [3.05, 3.63) is 12.3 Å². The van der Waals surface area contributed by atoms with Crippen LogP contribution in [0.3, 0.4) is 0 Å². The van der Waals surface area contributed by atoms with Gasteiger partial charge in [-0.3, -0.25) is 4.79 Å². The summed E-state index contributed by atoms with van der Waals surface area (Å²) in [6.45, 7) is 2.13. The van der Waals surface area contributed by atoms with Gasteiger partial charge in [0.05, 0.1) is 12.2 Å². The summed E-state index contributed by atoms with van der Waals surface area (Å²) in [5, 5.41) is 6.96. The molecule has 2 rings (SSSR count). The van der Waals surface area contributed by atoms with Crippen molar-refractivity contribution in [2.45, 2.75) is 25.8 Å². The molecule has 0 aromatic carbocycles. The van der Waals surface area contributed by atoms with Crippen LogP contribution in [-0.4, -0.2) is 21.6 Å². The molecule has 0 radical (unpaired) electrons. The summed E-state index contributed by atoms with van der Waals surface area (Å²) in [4.78, 5) is 11.2. The first-order valence-corrected chi connectivity index (χ1v) is 5.65. The summed E-state index contributed by atoms with van der Waals surface area (Å²) in [6, 6.07) is 2.15. The highest BCUT2D eigenvalue weighted by Crippen LogP contribution is 2.40. The zero-order chi connectivity index (χ0) is 10.8. The quantitative estimate of drug-likeness (QED) is 0.801. The van der Waals surface area contributed by atoms with E-state index in [9.17, 15) is 4.79 Å². The molecule has 0 saturated heterocycles. The van der Waals surface area contributed by atoms with Gasteiger partial charge in [0.1, 0.15) is 11.7 Å². The van der Waals surface area contributed by atoms with E-state index >= 15 is 0 Å². The standard InChI is InChI=1S/C10H14ClN3O/c1-7(8-2-3-8)14-9(4-5-12-14)13-10(15)6-11/h4-5,7-8H,2-3,6H2,1H3,(H,13,15). The van der Waals surface area contributed by atoms with Crippen LogP contribution in [0.5, 0.6) is 0 Å². The number of nitrogens with one attached hydrogen (secondary N) is 1. The summed E-state index contributed by atoms with van der Waals surface area (Å²) in [6.07, 6.45) is 4.20. The fourth-order valence-corrected chi connectivity index (χ4v) is 1.76. The number of nitrogens with zero attached hydrogens (tertiary/aromatic N) is 2. The molecule has 1 amide bonds. The Morgan fingerprint density at radius 1 is 1.80 bits per heavy atom. The van der Waals surface area contributed by atoms with Gasteiger partial charge in [-0.15, -0.1) is 11.6 Å². The van der Waals surface area contributed by atoms with Crippen molar-refractivity contribution >= 4 is 23.3 Å². The molecule has 4 nitrogen and oxygen atoms in total. The molecule has 1 aliphatic carbocycles. The highest BCUT2D eigenvalue weighted by molar-refractivity contribution is 6.29. The molecule has 15 heavy (non-hydrogen) atoms. The van der Waals surface area contributed by atoms with Crippen molar-refractivity contribution < 1.29 is 4.79 Å². The Kier molecular flexibility index (Phi) is 2.95. The lowest BCUT2D eigenvalue weighted by Crippen LogP contribution is -2.18. The molecule has 1 aromatic heterocycles. The summed E-state index contributed by atoms with van der Waals surface area (Å²) in [5.41, 5.74) is 0. The maximum Gasteiger partial charge on any atom is 0.240 e. The number of halogens is 1. The topological polar surface area (TPSA) is 46.9 Å². The maximum atomic E-state index is 11.2. The molecule has 1 fully saturated rings. The molecular weight excluding hydrogens is 214 g/mol. The second kappa shape index (κ2) is 4.23. The predicted octanol–water partition coefficient (Wildman–Crippen LogP) is 2.03. The third kappa shape index (κ3) is 2.31. The van der Waals surface area contributed by atoms with Gasteiger partial charge in [-0.1, -0.05) is 0 Å². The lowest BCUT2D eigenvalue weighted by Gasteiger charge is -2.14. The van der Waals surface area contributed by atoms with Crippen LogP contribution >= 0.6 is 11.6 Å². The second-order valence-corrected chi connectivity index (χ2v) is 4.19. The van der Waals surface area contributed by atoms with E-state index in [1.165, 1.54) is 12.8 Å². The Balaban J connectivity index is 2.10. The van der Waals surface area contributed by atoms with E-state index in [2.05, 4.69) is 17.3 Å². The highest BCUT2D eigenvalue weighted by atomic mass is 35.5. The number of anilines is 1. The minimum absolute atomic E-state index is 0.0248. The van der Waals surface area contributed by atoms with Crippen LogP contribution in [0.15, 0.2) is 12.3 Å². The smallest absolute Gasteiger partial charge is 0.240 e. The SMILES string of the molecule is CC(C1CC1)n1nccc1NC(=O)CCl. The molecule has 1 aromatic rings. The van der Waals surface area contributed by atoms with E-state index in [4.69, 9.17) is 11.6 Å². The number of amides is 1. The zero-order valence-corrected chi connectivity index (χ0v) is 9.37. The van der Waals surface area contributed by atoms with Crippen LogP contribution in [0, 0.1) is 5.92 Å². The molecule has 82 valence electrons. The van der Waals surface area contributed by atoms with Gasteiger partial charge in [0.2, 0.25) is 5.91 Å². The average Bonchev–Trinajstić information content (AvgIpc) is 2.99. The van der Waals surface area contributed by atoms with Crippen LogP contribution in [0.25, 0.3) is 0 Å². The maximum absolute atomic E-state index is 11.2. The summed E-state index contributed by atoms with van der Waals surface area (Å²) in [7, 11) is 0. The molecule has 1 aliphatic rings. The molecule has 1 heterocycles. The molecule has 0 aliphatic heterocycles. The van der Waals surface area contributed by atoms with Crippen LogP contribution in [0.4, 0.5) is 5.82 Å². The van der Waals surface area contributed by atoms with E-state index in [1.807, 2.05) is 4.68 Å². The number of carbonyl (C=O) groups is 1. The minimum Gasteiger partial charge on any atom is -0.310 e. The first-order chi connectivity index (χ1) is 7.22. The largest absolute Gasteiger partial charge is 0.310 e. The van der Waals surface area contributed by atoms with E-state index in [-0.39, 0.29) is 11.8 Å². The van der Waals surface area contributed by atoms with Crippen molar-refractivity contribution in [2.75, 3.05) is 11.2 Å². The number of rotatable bonds is 4. The number of hydrogen-bond acceptors (Lipinski definition) is 2. The fourth-order valence-electron chi connectivity index (χ4n) is 1.69. The van der Waals surface area contributed by atoms with Gasteiger partial charge >= 0.3 is 0 Å². The number of carbonyl (C=O) groups excluding carboxylic acids is 1. The molecular formula is C10H14ClN3O. The molecule has 1 unspecified atom stereocenters. The molecule has 1 N–H and O–H groups in total. The summed E-state index contributed by atoms with van der Waals surface area (Å²) >= 11 is 5.43. The Hall–Kier alpha value is -1.03. The van der Waals surface area contributed by atoms with Crippen molar-refractivity contribution in [1.29, 1.82) is 0 Å². The van der Waals surface area contributed by atoms with Gasteiger partial charge in [0.15, 0.2) is 0 Å². The van der Waals surface area contributed by atoms with Crippen molar-refractivity contribution in [3.63, 3.8) is 0 Å². The summed E-state index contributed by atoms with van der Waals surface area (Å²) < 4.78 is 1.86. The third-order valence-corrected chi connectivity index (χ3v) is 2.99. The van der Waals surface area contributed by atoms with Crippen LogP contribution in [0.1, 0.15) is 25.8 Å². The van der Waals surface area contributed by atoms with E-state index in [1.54, 1.807) is 12.3 Å². The van der Waals surface area contributed by atoms with E-state index in [0.29, 0.717) is 12.0 Å². The van der Waals surface area contributed by atoms with Gasteiger partial charge in [0, 0.05) is 6.07 Å². The lowest BCUT2D eigenvalue weighted by atomic mass is 10.2. The Morgan fingerprint density at radius 3 is 3.13 bits per heavy atom. The predicted molar refractivity (Wildman–Crippen MR) is 59.0 cm³/mol. The van der Waals surface area contributed by atoms with Gasteiger partial charge in [-0.05, 0) is 25.7 Å². The van der Waals surface area contributed by atoms with Crippen LogP contribution in [-0.2, 0) is 4.79 Å². The zero-order valence-electron chi connectivity index (χ0n) is 8.61. The Bertz CT molecular complexity index is 359. The molecule has 5 heteroatoms. The fraction of sp³-hybridized carbons (Fsp3) is 0.600. The minimum atomic E-state index is -0.193. The first-order valence-electron chi connectivity index (χ1n) is 5.11. The average molecular weight is 228 g/mol. The second-order valence-electron chi connectivity index (χ2n) is 3.92.